The molecule has 1 amide bonds. The minimum Gasteiger partial charge on any atom is -0.423 e. The van der Waals surface area contributed by atoms with Crippen molar-refractivity contribution < 1.29 is 13.7 Å². The summed E-state index contributed by atoms with van der Waals surface area (Å²) in [5.41, 5.74) is 1.92. The largest absolute Gasteiger partial charge is 0.423 e. The lowest BCUT2D eigenvalue weighted by molar-refractivity contribution is -0.121. The maximum absolute atomic E-state index is 12.5. The first kappa shape index (κ1) is 18.8. The number of benzene rings is 1. The lowest BCUT2D eigenvalue weighted by Gasteiger charge is -2.16. The fourth-order valence-electron chi connectivity index (χ4n) is 2.79. The molecule has 1 unspecified atom stereocenters. The molecule has 1 aromatic carbocycles. The van der Waals surface area contributed by atoms with E-state index in [0.717, 1.165) is 11.1 Å². The third-order valence-electron chi connectivity index (χ3n) is 4.05. The van der Waals surface area contributed by atoms with Crippen LogP contribution in [0, 0.1) is 19.8 Å². The molecule has 0 aliphatic rings. The monoisotopic (exact) mass is 369 g/mol. The molecule has 3 rings (SSSR count). The maximum Gasteiger partial charge on any atom is 0.238 e. The molecule has 0 fully saturated rings. The fourth-order valence-corrected chi connectivity index (χ4v) is 2.79. The van der Waals surface area contributed by atoms with E-state index in [-0.39, 0.29) is 24.3 Å². The summed E-state index contributed by atoms with van der Waals surface area (Å²) in [6.07, 6.45) is 0.673. The highest BCUT2D eigenvalue weighted by molar-refractivity contribution is 5.78. The van der Waals surface area contributed by atoms with Crippen LogP contribution in [-0.2, 0) is 11.2 Å². The lowest BCUT2D eigenvalue weighted by atomic mass is 10.0. The van der Waals surface area contributed by atoms with Crippen molar-refractivity contribution in [3.8, 4) is 11.4 Å². The van der Waals surface area contributed by atoms with Crippen LogP contribution in [0.1, 0.15) is 49.5 Å². The van der Waals surface area contributed by atoms with E-state index in [1.165, 1.54) is 0 Å². The Balaban J connectivity index is 1.68. The summed E-state index contributed by atoms with van der Waals surface area (Å²) in [6, 6.07) is 7.40. The van der Waals surface area contributed by atoms with E-state index in [1.54, 1.807) is 6.92 Å². The second-order valence-corrected chi connectivity index (χ2v) is 6.91. The summed E-state index contributed by atoms with van der Waals surface area (Å²) in [5, 5.41) is 14.8. The van der Waals surface area contributed by atoms with E-state index < -0.39 is 0 Å². The van der Waals surface area contributed by atoms with Crippen LogP contribution in [0.2, 0.25) is 0 Å². The Morgan fingerprint density at radius 1 is 1.19 bits per heavy atom. The van der Waals surface area contributed by atoms with Crippen LogP contribution >= 0.6 is 0 Å². The summed E-state index contributed by atoms with van der Waals surface area (Å²) in [6.45, 7) is 7.82. The molecule has 2 heterocycles. The number of amides is 1. The van der Waals surface area contributed by atoms with Crippen LogP contribution in [0.5, 0.6) is 0 Å². The molecule has 142 valence electrons. The Morgan fingerprint density at radius 3 is 2.63 bits per heavy atom. The van der Waals surface area contributed by atoms with Crippen LogP contribution in [0.3, 0.4) is 0 Å². The number of carbonyl (C=O) groups is 1. The smallest absolute Gasteiger partial charge is 0.238 e. The van der Waals surface area contributed by atoms with Gasteiger partial charge in [-0.2, -0.15) is 4.98 Å². The van der Waals surface area contributed by atoms with Gasteiger partial charge in [-0.05, 0) is 24.8 Å². The van der Waals surface area contributed by atoms with E-state index in [9.17, 15) is 4.79 Å². The Morgan fingerprint density at radius 2 is 1.96 bits per heavy atom. The van der Waals surface area contributed by atoms with Gasteiger partial charge >= 0.3 is 0 Å². The van der Waals surface area contributed by atoms with E-state index in [0.29, 0.717) is 29.9 Å². The molecule has 3 aromatic rings. The summed E-state index contributed by atoms with van der Waals surface area (Å²) in [7, 11) is 0. The van der Waals surface area contributed by atoms with Gasteiger partial charge in [0.05, 0.1) is 0 Å². The molecule has 0 bridgehead atoms. The van der Waals surface area contributed by atoms with Gasteiger partial charge in [0.1, 0.15) is 12.5 Å². The molecule has 8 nitrogen and oxygen atoms in total. The molecule has 0 saturated heterocycles. The number of aromatic nitrogens is 4. The van der Waals surface area contributed by atoms with Crippen LogP contribution in [0.15, 0.2) is 33.2 Å². The van der Waals surface area contributed by atoms with Crippen molar-refractivity contribution in [2.45, 2.75) is 46.6 Å². The van der Waals surface area contributed by atoms with Crippen LogP contribution in [0.4, 0.5) is 0 Å². The first-order chi connectivity index (χ1) is 12.9. The Labute approximate surface area is 157 Å². The van der Waals surface area contributed by atoms with Crippen LogP contribution < -0.4 is 5.32 Å². The molecule has 0 radical (unpaired) electrons. The highest BCUT2D eigenvalue weighted by Crippen LogP contribution is 2.22. The standard InChI is InChI=1S/C19H23N5O3/c1-11(2)9-15(19-23-22-13(4)26-19)20-16(25)10-17-21-18(24-27-17)14-8-6-5-7-12(14)3/h5-8,11,15H,9-10H2,1-4H3,(H,20,25). The number of nitrogens with zero attached hydrogens (tertiary/aromatic N) is 4. The Bertz CT molecular complexity index is 915. The van der Waals surface area contributed by atoms with Crippen molar-refractivity contribution in [3.63, 3.8) is 0 Å². The van der Waals surface area contributed by atoms with Crippen molar-refractivity contribution in [1.29, 1.82) is 0 Å². The van der Waals surface area contributed by atoms with Gasteiger partial charge < -0.3 is 14.3 Å². The average Bonchev–Trinajstić information content (AvgIpc) is 3.23. The van der Waals surface area contributed by atoms with Gasteiger partial charge in [0, 0.05) is 12.5 Å². The van der Waals surface area contributed by atoms with E-state index in [4.69, 9.17) is 8.94 Å². The molecule has 27 heavy (non-hydrogen) atoms. The third-order valence-corrected chi connectivity index (χ3v) is 4.05. The van der Waals surface area contributed by atoms with Crippen LogP contribution in [-0.4, -0.2) is 26.2 Å². The van der Waals surface area contributed by atoms with E-state index in [1.807, 2.05) is 31.2 Å². The van der Waals surface area contributed by atoms with Crippen molar-refractivity contribution in [3.05, 3.63) is 47.5 Å². The van der Waals surface area contributed by atoms with Gasteiger partial charge in [-0.3, -0.25) is 4.79 Å². The summed E-state index contributed by atoms with van der Waals surface area (Å²) in [4.78, 5) is 16.8. The third kappa shape index (κ3) is 4.78. The zero-order valence-corrected chi connectivity index (χ0v) is 15.9. The second-order valence-electron chi connectivity index (χ2n) is 6.91. The molecular formula is C19H23N5O3. The SMILES string of the molecule is Cc1nnc(C(CC(C)C)NC(=O)Cc2nc(-c3ccccc3C)no2)o1. The van der Waals surface area contributed by atoms with Gasteiger partial charge in [0.2, 0.25) is 29.4 Å². The number of nitrogens with one attached hydrogen (secondary N) is 1. The van der Waals surface area contributed by atoms with Crippen molar-refractivity contribution in [1.82, 2.24) is 25.7 Å². The zero-order chi connectivity index (χ0) is 19.4. The molecule has 0 aliphatic carbocycles. The van der Waals surface area contributed by atoms with Crippen molar-refractivity contribution in [2.24, 2.45) is 5.92 Å². The summed E-state index contributed by atoms with van der Waals surface area (Å²) in [5.74, 6) is 1.71. The van der Waals surface area contributed by atoms with Gasteiger partial charge in [-0.25, -0.2) is 0 Å². The minimum atomic E-state index is -0.350. The second kappa shape index (κ2) is 8.11. The number of hydrogen-bond donors (Lipinski definition) is 1. The van der Waals surface area contributed by atoms with Gasteiger partial charge in [0.25, 0.3) is 0 Å². The fraction of sp³-hybridized carbons (Fsp3) is 0.421. The number of carbonyl (C=O) groups excluding carboxylic acids is 1. The molecule has 0 aliphatic heterocycles. The molecule has 0 saturated carbocycles. The van der Waals surface area contributed by atoms with Gasteiger partial charge in [-0.15, -0.1) is 10.2 Å². The predicted molar refractivity (Wildman–Crippen MR) is 97.5 cm³/mol. The van der Waals surface area contributed by atoms with Gasteiger partial charge in [-0.1, -0.05) is 43.3 Å². The maximum atomic E-state index is 12.5. The molecule has 0 spiro atoms. The van der Waals surface area contributed by atoms with E-state index in [2.05, 4.69) is 39.5 Å². The lowest BCUT2D eigenvalue weighted by Crippen LogP contribution is -2.31. The zero-order valence-electron chi connectivity index (χ0n) is 15.9. The topological polar surface area (TPSA) is 107 Å². The number of hydrogen-bond acceptors (Lipinski definition) is 7. The normalized spacial score (nSPS) is 12.3. The van der Waals surface area contributed by atoms with Crippen LogP contribution in [0.25, 0.3) is 11.4 Å². The minimum absolute atomic E-state index is 0.0133. The molecular weight excluding hydrogens is 346 g/mol. The predicted octanol–water partition coefficient (Wildman–Crippen LogP) is 3.18. The molecule has 1 atom stereocenters. The summed E-state index contributed by atoms with van der Waals surface area (Å²) < 4.78 is 10.7. The number of rotatable bonds is 7. The Hall–Kier alpha value is -3.03. The Kier molecular flexibility index (Phi) is 5.63. The number of aryl methyl sites for hydroxylation is 2. The average molecular weight is 369 g/mol. The van der Waals surface area contributed by atoms with Crippen molar-refractivity contribution in [2.75, 3.05) is 0 Å². The highest BCUT2D eigenvalue weighted by atomic mass is 16.5. The summed E-state index contributed by atoms with van der Waals surface area (Å²) >= 11 is 0. The molecule has 8 heteroatoms. The first-order valence-electron chi connectivity index (χ1n) is 8.90. The van der Waals surface area contributed by atoms with E-state index >= 15 is 0 Å². The first-order valence-corrected chi connectivity index (χ1v) is 8.90. The van der Waals surface area contributed by atoms with Gasteiger partial charge in [0.15, 0.2) is 0 Å². The quantitative estimate of drug-likeness (QED) is 0.681. The molecule has 1 N–H and O–H groups in total. The molecule has 2 aromatic heterocycles. The van der Waals surface area contributed by atoms with Crippen molar-refractivity contribution >= 4 is 5.91 Å². The highest BCUT2D eigenvalue weighted by Gasteiger charge is 2.23.